The maximum Gasteiger partial charge on any atom is 0.201 e. The van der Waals surface area contributed by atoms with E-state index in [0.29, 0.717) is 60.2 Å². The van der Waals surface area contributed by atoms with E-state index in [1.165, 1.54) is 25.4 Å². The van der Waals surface area contributed by atoms with Gasteiger partial charge in [-0.05, 0) is 73.2 Å². The Bertz CT molecular complexity index is 1620. The first-order valence-corrected chi connectivity index (χ1v) is 15.6. The number of ether oxygens (including phenoxy) is 1. The molecule has 0 bridgehead atoms. The molecule has 45 heavy (non-hydrogen) atoms. The molecule has 0 saturated heterocycles. The zero-order chi connectivity index (χ0) is 32.5. The predicted molar refractivity (Wildman–Crippen MR) is 177 cm³/mol. The first-order valence-electron chi connectivity index (χ1n) is 15.6. The van der Waals surface area contributed by atoms with E-state index in [9.17, 15) is 18.4 Å². The van der Waals surface area contributed by atoms with Crippen molar-refractivity contribution in [2.24, 2.45) is 10.9 Å². The fourth-order valence-corrected chi connectivity index (χ4v) is 5.63. The maximum absolute atomic E-state index is 14.9. The highest BCUT2D eigenvalue weighted by molar-refractivity contribution is 6.12. The van der Waals surface area contributed by atoms with Gasteiger partial charge in [-0.15, -0.1) is 0 Å². The number of Topliss-reactive ketones (excluding diaryl/α,β-unsaturated/α-hetero) is 2. The van der Waals surface area contributed by atoms with Crippen molar-refractivity contribution in [2.45, 2.75) is 71.6 Å². The van der Waals surface area contributed by atoms with Gasteiger partial charge in [0, 0.05) is 59.5 Å². The lowest BCUT2D eigenvalue weighted by atomic mass is 9.81. The molecule has 2 aromatic rings. The summed E-state index contributed by atoms with van der Waals surface area (Å²) in [6.07, 6.45) is 13.0. The number of aryl methyl sites for hydroxylation is 1. The summed E-state index contributed by atoms with van der Waals surface area (Å²) in [6, 6.07) is 8.38. The molecule has 1 heterocycles. The van der Waals surface area contributed by atoms with E-state index in [2.05, 4.69) is 23.8 Å². The minimum atomic E-state index is -1.06. The summed E-state index contributed by atoms with van der Waals surface area (Å²) < 4.78 is 34.2. The average Bonchev–Trinajstić information content (AvgIpc) is 3.03. The Morgan fingerprint density at radius 2 is 1.82 bits per heavy atom. The Morgan fingerprint density at radius 1 is 1.04 bits per heavy atom. The van der Waals surface area contributed by atoms with Gasteiger partial charge in [0.15, 0.2) is 17.3 Å². The van der Waals surface area contributed by atoms with Crippen molar-refractivity contribution in [3.8, 4) is 5.75 Å². The first-order chi connectivity index (χ1) is 21.7. The molecule has 2 aromatic carbocycles. The van der Waals surface area contributed by atoms with Crippen LogP contribution in [-0.2, 0) is 11.2 Å². The first kappa shape index (κ1) is 33.4. The second-order valence-electron chi connectivity index (χ2n) is 11.4. The van der Waals surface area contributed by atoms with Crippen LogP contribution in [0.2, 0.25) is 0 Å². The number of ketones is 2. The number of fused-ring (bicyclic) bond motifs is 1. The Hall–Kier alpha value is -4.46. The number of nitrogens with zero attached hydrogens (tertiary/aromatic N) is 1. The number of carbonyl (C=O) groups is 2. The Kier molecular flexibility index (Phi) is 11.5. The quantitative estimate of drug-likeness (QED) is 0.112. The van der Waals surface area contributed by atoms with E-state index in [1.807, 2.05) is 37.3 Å². The lowest BCUT2D eigenvalue weighted by Crippen LogP contribution is -2.26. The number of halogens is 2. The number of hydrogen-bond donors (Lipinski definition) is 2. The van der Waals surface area contributed by atoms with Crippen LogP contribution < -0.4 is 10.1 Å². The zero-order valence-corrected chi connectivity index (χ0v) is 26.3. The Morgan fingerprint density at radius 3 is 2.56 bits per heavy atom. The molecule has 6 nitrogen and oxygen atoms in total. The van der Waals surface area contributed by atoms with Gasteiger partial charge >= 0.3 is 0 Å². The maximum atomic E-state index is 14.9. The summed E-state index contributed by atoms with van der Waals surface area (Å²) in [5, 5.41) is 11.7. The second-order valence-corrected chi connectivity index (χ2v) is 11.4. The predicted octanol–water partition coefficient (Wildman–Crippen LogP) is 8.98. The minimum absolute atomic E-state index is 0.0354. The van der Waals surface area contributed by atoms with Crippen LogP contribution in [0.4, 0.5) is 14.5 Å². The van der Waals surface area contributed by atoms with Crippen LogP contribution in [0.1, 0.15) is 86.7 Å². The van der Waals surface area contributed by atoms with Gasteiger partial charge in [0.05, 0.1) is 18.5 Å². The number of carbonyl (C=O) groups excluding carboxylic acids is 2. The minimum Gasteiger partial charge on any atom is -0.494 e. The number of rotatable bonds is 16. The topological polar surface area (TPSA) is 91.6 Å². The van der Waals surface area contributed by atoms with Crippen LogP contribution in [0, 0.1) is 23.0 Å². The smallest absolute Gasteiger partial charge is 0.201 e. The highest BCUT2D eigenvalue weighted by Crippen LogP contribution is 2.38. The van der Waals surface area contributed by atoms with Gasteiger partial charge in [-0.3, -0.25) is 14.6 Å². The molecule has 8 heteroatoms. The van der Waals surface area contributed by atoms with Crippen LogP contribution in [0.3, 0.4) is 0 Å². The molecular weight excluding hydrogens is 572 g/mol. The van der Waals surface area contributed by atoms with Crippen molar-refractivity contribution in [3.05, 3.63) is 101 Å². The van der Waals surface area contributed by atoms with Crippen molar-refractivity contribution in [3.63, 3.8) is 0 Å². The van der Waals surface area contributed by atoms with Crippen molar-refractivity contribution in [1.82, 2.24) is 0 Å². The third kappa shape index (κ3) is 7.98. The Labute approximate surface area is 264 Å². The molecule has 1 aliphatic heterocycles. The van der Waals surface area contributed by atoms with E-state index in [0.717, 1.165) is 36.2 Å². The fourth-order valence-electron chi connectivity index (χ4n) is 5.63. The fraction of sp³-hybridized carbons (Fsp3) is 0.351. The van der Waals surface area contributed by atoms with Gasteiger partial charge in [-0.1, -0.05) is 45.4 Å². The van der Waals surface area contributed by atoms with Gasteiger partial charge in [-0.2, -0.15) is 4.39 Å². The van der Waals surface area contributed by atoms with E-state index < -0.39 is 11.6 Å². The molecule has 0 fully saturated rings. The SMILES string of the molecule is C=C1C(c2ccc(OC)c(F)c2F)=CN=C2C(Nc3ccc(C(=O)CC(=N)CCCC(=O)CCCCC)c(CC)c3)=CC=CC12. The number of unbranched alkanes of at least 4 members (excludes halogenated alkanes) is 2. The Balaban J connectivity index is 1.43. The highest BCUT2D eigenvalue weighted by atomic mass is 19.2. The molecular formula is C37H41F2N3O3. The van der Waals surface area contributed by atoms with Gasteiger partial charge in [0.2, 0.25) is 5.82 Å². The molecule has 1 atom stereocenters. The van der Waals surface area contributed by atoms with Crippen molar-refractivity contribution in [1.29, 1.82) is 5.41 Å². The molecule has 0 amide bonds. The van der Waals surface area contributed by atoms with E-state index >= 15 is 0 Å². The van der Waals surface area contributed by atoms with Crippen LogP contribution in [-0.4, -0.2) is 30.1 Å². The van der Waals surface area contributed by atoms with E-state index in [4.69, 9.17) is 10.1 Å². The molecule has 236 valence electrons. The number of hydrogen-bond acceptors (Lipinski definition) is 6. The van der Waals surface area contributed by atoms with E-state index in [-0.39, 0.29) is 35.2 Å². The monoisotopic (exact) mass is 613 g/mol. The summed E-state index contributed by atoms with van der Waals surface area (Å²) in [5.74, 6) is -2.46. The number of benzene rings is 2. The number of anilines is 1. The van der Waals surface area contributed by atoms with E-state index in [1.54, 1.807) is 6.07 Å². The standard InChI is InChI=1S/C37H41F2N3O3/c1-5-7-8-12-27(43)13-9-11-25(40)21-33(44)29-17-16-26(20-24(29)6-2)42-32-15-10-14-28-23(3)31(22-41-37(28)32)30-18-19-34(45-4)36(39)35(30)38/h10,14-20,22,28,40,42H,3,5-9,11-13,21H2,1-2,4H3. The number of nitrogens with one attached hydrogen (secondary N) is 2. The zero-order valence-electron chi connectivity index (χ0n) is 26.3. The summed E-state index contributed by atoms with van der Waals surface area (Å²) >= 11 is 0. The lowest BCUT2D eigenvalue weighted by Gasteiger charge is -2.28. The normalized spacial score (nSPS) is 15.5. The third-order valence-electron chi connectivity index (χ3n) is 8.18. The van der Waals surface area contributed by atoms with Crippen LogP contribution in [0.5, 0.6) is 5.75 Å². The van der Waals surface area contributed by atoms with Crippen LogP contribution >= 0.6 is 0 Å². The molecule has 0 spiro atoms. The second kappa shape index (κ2) is 15.5. The average molecular weight is 614 g/mol. The van der Waals surface area contributed by atoms with Crippen molar-refractivity contribution in [2.75, 3.05) is 12.4 Å². The molecule has 2 N–H and O–H groups in total. The molecule has 0 radical (unpaired) electrons. The molecule has 1 unspecified atom stereocenters. The molecule has 4 rings (SSSR count). The summed E-state index contributed by atoms with van der Waals surface area (Å²) in [7, 11) is 1.28. The molecule has 0 saturated carbocycles. The largest absolute Gasteiger partial charge is 0.494 e. The van der Waals surface area contributed by atoms with Crippen LogP contribution in [0.15, 0.2) is 77.6 Å². The summed E-state index contributed by atoms with van der Waals surface area (Å²) in [5.41, 5.74) is 5.05. The number of allylic oxidation sites excluding steroid dienone is 6. The van der Waals surface area contributed by atoms with Gasteiger partial charge in [0.1, 0.15) is 5.78 Å². The van der Waals surface area contributed by atoms with Gasteiger partial charge < -0.3 is 15.5 Å². The number of methoxy groups -OCH3 is 1. The van der Waals surface area contributed by atoms with Gasteiger partial charge in [-0.25, -0.2) is 4.39 Å². The summed E-state index contributed by atoms with van der Waals surface area (Å²) in [4.78, 5) is 29.8. The van der Waals surface area contributed by atoms with Crippen LogP contribution in [0.25, 0.3) is 5.57 Å². The summed E-state index contributed by atoms with van der Waals surface area (Å²) in [6.45, 7) is 8.27. The third-order valence-corrected chi connectivity index (χ3v) is 8.18. The molecule has 0 aromatic heterocycles. The highest BCUT2D eigenvalue weighted by Gasteiger charge is 2.30. The van der Waals surface area contributed by atoms with Gasteiger partial charge in [0.25, 0.3) is 0 Å². The lowest BCUT2D eigenvalue weighted by molar-refractivity contribution is -0.119. The van der Waals surface area contributed by atoms with Crippen molar-refractivity contribution < 1.29 is 23.1 Å². The van der Waals surface area contributed by atoms with Crippen molar-refractivity contribution >= 4 is 34.3 Å². The molecule has 1 aliphatic carbocycles. The molecule has 2 aliphatic rings. The number of aliphatic imine (C=N–C) groups is 1.